The molecule has 0 aliphatic rings. The quantitative estimate of drug-likeness (QED) is 0.805. The van der Waals surface area contributed by atoms with Gasteiger partial charge in [-0.05, 0) is 48.7 Å². The Hall–Kier alpha value is -2.20. The number of aryl methyl sites for hydroxylation is 1. The standard InChI is InChI=1S/C20H25ClN2O2/c1-5-18(25-19-10-9-14(2)11-17(19)21)20(24)22-13-15-7-6-8-16(12-15)23(3)4/h6-12,18H,5,13H2,1-4H3,(H,22,24). The van der Waals surface area contributed by atoms with Gasteiger partial charge in [0.1, 0.15) is 5.75 Å². The molecule has 0 heterocycles. The molecule has 0 bridgehead atoms. The van der Waals surface area contributed by atoms with Gasteiger partial charge in [-0.15, -0.1) is 0 Å². The Labute approximate surface area is 154 Å². The molecule has 2 rings (SSSR count). The number of hydrogen-bond acceptors (Lipinski definition) is 3. The van der Waals surface area contributed by atoms with Crippen LogP contribution >= 0.6 is 11.6 Å². The lowest BCUT2D eigenvalue weighted by Gasteiger charge is -2.19. The molecule has 0 fully saturated rings. The molecule has 0 aliphatic carbocycles. The maximum Gasteiger partial charge on any atom is 0.261 e. The number of carbonyl (C=O) groups is 1. The van der Waals surface area contributed by atoms with Gasteiger partial charge in [0, 0.05) is 26.3 Å². The summed E-state index contributed by atoms with van der Waals surface area (Å²) in [5.41, 5.74) is 3.19. The number of ether oxygens (including phenoxy) is 1. The van der Waals surface area contributed by atoms with Crippen molar-refractivity contribution in [3.05, 3.63) is 58.6 Å². The highest BCUT2D eigenvalue weighted by molar-refractivity contribution is 6.32. The highest BCUT2D eigenvalue weighted by Crippen LogP contribution is 2.26. The molecule has 0 saturated heterocycles. The van der Waals surface area contributed by atoms with E-state index in [1.54, 1.807) is 6.07 Å². The van der Waals surface area contributed by atoms with E-state index in [9.17, 15) is 4.79 Å². The zero-order valence-corrected chi connectivity index (χ0v) is 15.9. The molecule has 2 aromatic rings. The second-order valence-electron chi connectivity index (χ2n) is 6.23. The van der Waals surface area contributed by atoms with E-state index in [1.165, 1.54) is 0 Å². The van der Waals surface area contributed by atoms with Crippen molar-refractivity contribution in [2.75, 3.05) is 19.0 Å². The van der Waals surface area contributed by atoms with E-state index in [2.05, 4.69) is 11.4 Å². The van der Waals surface area contributed by atoms with Crippen LogP contribution in [0.4, 0.5) is 5.69 Å². The van der Waals surface area contributed by atoms with Crippen molar-refractivity contribution in [2.45, 2.75) is 32.9 Å². The summed E-state index contributed by atoms with van der Waals surface area (Å²) in [5.74, 6) is 0.387. The van der Waals surface area contributed by atoms with Gasteiger partial charge in [-0.3, -0.25) is 4.79 Å². The maximum atomic E-state index is 12.5. The molecule has 0 radical (unpaired) electrons. The van der Waals surface area contributed by atoms with E-state index in [-0.39, 0.29) is 5.91 Å². The number of amides is 1. The van der Waals surface area contributed by atoms with E-state index < -0.39 is 6.10 Å². The average Bonchev–Trinajstić information content (AvgIpc) is 2.59. The summed E-state index contributed by atoms with van der Waals surface area (Å²) in [6, 6.07) is 13.6. The van der Waals surface area contributed by atoms with Crippen LogP contribution in [0.1, 0.15) is 24.5 Å². The summed E-state index contributed by atoms with van der Waals surface area (Å²) in [4.78, 5) is 14.5. The second kappa shape index (κ2) is 8.77. The summed E-state index contributed by atoms with van der Waals surface area (Å²) in [7, 11) is 3.98. The molecule has 0 aliphatic heterocycles. The maximum absolute atomic E-state index is 12.5. The smallest absolute Gasteiger partial charge is 0.261 e. The van der Waals surface area contributed by atoms with Crippen LogP contribution in [0, 0.1) is 6.92 Å². The van der Waals surface area contributed by atoms with E-state index in [4.69, 9.17) is 16.3 Å². The van der Waals surface area contributed by atoms with E-state index >= 15 is 0 Å². The largest absolute Gasteiger partial charge is 0.479 e. The van der Waals surface area contributed by atoms with Gasteiger partial charge in [-0.1, -0.05) is 36.7 Å². The molecular formula is C20H25ClN2O2. The fourth-order valence-corrected chi connectivity index (χ4v) is 2.70. The Morgan fingerprint density at radius 3 is 2.64 bits per heavy atom. The van der Waals surface area contributed by atoms with Crippen molar-refractivity contribution in [1.29, 1.82) is 0 Å². The number of nitrogens with zero attached hydrogens (tertiary/aromatic N) is 1. The minimum absolute atomic E-state index is 0.144. The van der Waals surface area contributed by atoms with Crippen molar-refractivity contribution in [1.82, 2.24) is 5.32 Å². The van der Waals surface area contributed by atoms with Crippen LogP contribution in [-0.2, 0) is 11.3 Å². The number of nitrogens with one attached hydrogen (secondary N) is 1. The molecule has 4 nitrogen and oxygen atoms in total. The minimum Gasteiger partial charge on any atom is -0.479 e. The van der Waals surface area contributed by atoms with Crippen LogP contribution in [0.5, 0.6) is 5.75 Å². The molecule has 0 spiro atoms. The Bertz CT molecular complexity index is 731. The lowest BCUT2D eigenvalue weighted by atomic mass is 10.2. The number of anilines is 1. The van der Waals surface area contributed by atoms with Gasteiger partial charge in [0.2, 0.25) is 0 Å². The third-order valence-electron chi connectivity index (χ3n) is 3.91. The Morgan fingerprint density at radius 2 is 2.00 bits per heavy atom. The molecule has 25 heavy (non-hydrogen) atoms. The topological polar surface area (TPSA) is 41.6 Å². The van der Waals surface area contributed by atoms with Gasteiger partial charge < -0.3 is 15.0 Å². The first-order valence-electron chi connectivity index (χ1n) is 8.37. The van der Waals surface area contributed by atoms with Crippen molar-refractivity contribution in [2.24, 2.45) is 0 Å². The minimum atomic E-state index is -0.572. The van der Waals surface area contributed by atoms with Crippen LogP contribution in [0.25, 0.3) is 0 Å². The van der Waals surface area contributed by atoms with Crippen molar-refractivity contribution >= 4 is 23.2 Å². The van der Waals surface area contributed by atoms with Crippen LogP contribution < -0.4 is 15.0 Å². The summed E-state index contributed by atoms with van der Waals surface area (Å²) in [6.45, 7) is 4.34. The molecule has 1 atom stereocenters. The molecule has 1 unspecified atom stereocenters. The predicted octanol–water partition coefficient (Wildman–Crippen LogP) is 4.19. The van der Waals surface area contributed by atoms with E-state index in [0.29, 0.717) is 23.7 Å². The van der Waals surface area contributed by atoms with Crippen molar-refractivity contribution in [3.8, 4) is 5.75 Å². The number of carbonyl (C=O) groups excluding carboxylic acids is 1. The van der Waals surface area contributed by atoms with Gasteiger partial charge in [-0.2, -0.15) is 0 Å². The first kappa shape index (κ1) is 19.1. The SMILES string of the molecule is CCC(Oc1ccc(C)cc1Cl)C(=O)NCc1cccc(N(C)C)c1. The molecule has 1 amide bonds. The third kappa shape index (κ3) is 5.40. The first-order valence-corrected chi connectivity index (χ1v) is 8.75. The Morgan fingerprint density at radius 1 is 1.24 bits per heavy atom. The average molecular weight is 361 g/mol. The lowest BCUT2D eigenvalue weighted by molar-refractivity contribution is -0.128. The summed E-state index contributed by atoms with van der Waals surface area (Å²) < 4.78 is 5.81. The highest BCUT2D eigenvalue weighted by Gasteiger charge is 2.19. The Balaban J connectivity index is 1.99. The van der Waals surface area contributed by atoms with Gasteiger partial charge in [0.15, 0.2) is 6.10 Å². The highest BCUT2D eigenvalue weighted by atomic mass is 35.5. The van der Waals surface area contributed by atoms with Gasteiger partial charge in [0.05, 0.1) is 5.02 Å². The van der Waals surface area contributed by atoms with Gasteiger partial charge >= 0.3 is 0 Å². The summed E-state index contributed by atoms with van der Waals surface area (Å²) in [6.07, 6.45) is -0.00873. The lowest BCUT2D eigenvalue weighted by Crippen LogP contribution is -2.37. The number of hydrogen-bond donors (Lipinski definition) is 1. The summed E-state index contributed by atoms with van der Waals surface area (Å²) >= 11 is 6.19. The molecule has 2 aromatic carbocycles. The predicted molar refractivity (Wildman–Crippen MR) is 104 cm³/mol. The summed E-state index contributed by atoms with van der Waals surface area (Å²) in [5, 5.41) is 3.46. The molecule has 5 heteroatoms. The molecule has 0 saturated carbocycles. The zero-order chi connectivity index (χ0) is 18.4. The van der Waals surface area contributed by atoms with Crippen LogP contribution in [-0.4, -0.2) is 26.1 Å². The zero-order valence-electron chi connectivity index (χ0n) is 15.2. The second-order valence-corrected chi connectivity index (χ2v) is 6.64. The molecular weight excluding hydrogens is 336 g/mol. The molecule has 0 aromatic heterocycles. The fourth-order valence-electron chi connectivity index (χ4n) is 2.42. The number of benzene rings is 2. The molecule has 134 valence electrons. The van der Waals surface area contributed by atoms with Crippen LogP contribution in [0.3, 0.4) is 0 Å². The Kier molecular flexibility index (Phi) is 6.71. The molecule has 1 N–H and O–H groups in total. The van der Waals surface area contributed by atoms with Crippen LogP contribution in [0.15, 0.2) is 42.5 Å². The van der Waals surface area contributed by atoms with Crippen LogP contribution in [0.2, 0.25) is 5.02 Å². The first-order chi connectivity index (χ1) is 11.9. The number of rotatable bonds is 7. The third-order valence-corrected chi connectivity index (χ3v) is 4.21. The van der Waals surface area contributed by atoms with E-state index in [0.717, 1.165) is 16.8 Å². The van der Waals surface area contributed by atoms with Crippen molar-refractivity contribution < 1.29 is 9.53 Å². The fraction of sp³-hybridized carbons (Fsp3) is 0.350. The normalized spacial score (nSPS) is 11.7. The van der Waals surface area contributed by atoms with Gasteiger partial charge in [0.25, 0.3) is 5.91 Å². The monoisotopic (exact) mass is 360 g/mol. The van der Waals surface area contributed by atoms with Gasteiger partial charge in [-0.25, -0.2) is 0 Å². The van der Waals surface area contributed by atoms with Crippen molar-refractivity contribution in [3.63, 3.8) is 0 Å². The van der Waals surface area contributed by atoms with E-state index in [1.807, 2.05) is 63.2 Å². The number of halogens is 1.